The number of carbonyl (C=O) groups excluding carboxylic acids is 1. The first kappa shape index (κ1) is 20.4. The molecule has 8 nitrogen and oxygen atoms in total. The Morgan fingerprint density at radius 2 is 1.87 bits per heavy atom. The number of carboxylic acid groups (broad SMARTS) is 1. The number of hydrogen-bond acceptors (Lipinski definition) is 5. The molecule has 4 N–H and O–H groups in total. The Bertz CT molecular complexity index is 1300. The van der Waals surface area contributed by atoms with Crippen molar-refractivity contribution in [1.82, 2.24) is 15.3 Å². The molecule has 0 saturated heterocycles. The molecule has 2 heterocycles. The average molecular weight is 419 g/mol. The molecule has 2 atom stereocenters. The Morgan fingerprint density at radius 1 is 1.10 bits per heavy atom. The van der Waals surface area contributed by atoms with Crippen LogP contribution in [-0.2, 0) is 4.79 Å². The standard InChI is InChI=1S/C23H21N3O5/c1-12(27)19(23(29)30)26-22(28)18-11-16-15-8-3-4-9-17(15)24-21(16)20(25-18)13-6-5-7-14(10-13)31-2/h3-12,19,24,27H,1-2H3,(H,26,28)(H,29,30). The third kappa shape index (κ3) is 3.80. The minimum absolute atomic E-state index is 0.0435. The van der Waals surface area contributed by atoms with Gasteiger partial charge >= 0.3 is 5.97 Å². The second-order valence-electron chi connectivity index (χ2n) is 7.21. The lowest BCUT2D eigenvalue weighted by atomic mass is 10.1. The summed E-state index contributed by atoms with van der Waals surface area (Å²) in [6, 6.07) is 15.1. The molecule has 0 spiro atoms. The van der Waals surface area contributed by atoms with E-state index in [-0.39, 0.29) is 5.69 Å². The number of para-hydroxylation sites is 1. The third-order valence-electron chi connectivity index (χ3n) is 5.11. The van der Waals surface area contributed by atoms with E-state index >= 15 is 0 Å². The maximum absolute atomic E-state index is 12.9. The first-order valence-electron chi connectivity index (χ1n) is 9.66. The predicted octanol–water partition coefficient (Wildman–Crippen LogP) is 2.96. The molecule has 0 aliphatic rings. The largest absolute Gasteiger partial charge is 0.497 e. The van der Waals surface area contributed by atoms with Gasteiger partial charge in [0.05, 0.1) is 24.4 Å². The number of aliphatic hydroxyl groups excluding tert-OH is 1. The highest BCUT2D eigenvalue weighted by Crippen LogP contribution is 2.33. The fourth-order valence-corrected chi connectivity index (χ4v) is 3.55. The molecule has 2 aromatic heterocycles. The highest BCUT2D eigenvalue weighted by molar-refractivity contribution is 6.13. The predicted molar refractivity (Wildman–Crippen MR) is 116 cm³/mol. The first-order valence-corrected chi connectivity index (χ1v) is 9.66. The van der Waals surface area contributed by atoms with E-state index in [0.29, 0.717) is 11.4 Å². The van der Waals surface area contributed by atoms with Crippen LogP contribution in [0.2, 0.25) is 0 Å². The molecule has 0 aliphatic carbocycles. The van der Waals surface area contributed by atoms with Crippen molar-refractivity contribution in [3.63, 3.8) is 0 Å². The van der Waals surface area contributed by atoms with Gasteiger partial charge in [0.2, 0.25) is 0 Å². The summed E-state index contributed by atoms with van der Waals surface area (Å²) in [5, 5.41) is 23.0. The second kappa shape index (κ2) is 8.08. The van der Waals surface area contributed by atoms with Crippen LogP contribution in [0.25, 0.3) is 33.1 Å². The van der Waals surface area contributed by atoms with Crippen molar-refractivity contribution in [3.05, 3.63) is 60.3 Å². The Labute approximate surface area is 177 Å². The summed E-state index contributed by atoms with van der Waals surface area (Å²) in [6.45, 7) is 1.30. The molecule has 2 aromatic carbocycles. The number of aliphatic hydroxyl groups is 1. The summed E-state index contributed by atoms with van der Waals surface area (Å²) in [7, 11) is 1.57. The molecule has 2 unspecified atom stereocenters. The number of aromatic amines is 1. The van der Waals surface area contributed by atoms with Gasteiger partial charge in [0.25, 0.3) is 5.91 Å². The van der Waals surface area contributed by atoms with E-state index in [4.69, 9.17) is 4.74 Å². The first-order chi connectivity index (χ1) is 14.9. The van der Waals surface area contributed by atoms with E-state index in [9.17, 15) is 19.8 Å². The van der Waals surface area contributed by atoms with Crippen molar-refractivity contribution in [1.29, 1.82) is 0 Å². The molecule has 0 aliphatic heterocycles. The van der Waals surface area contributed by atoms with Crippen molar-refractivity contribution in [2.45, 2.75) is 19.1 Å². The van der Waals surface area contributed by atoms with Crippen molar-refractivity contribution in [2.24, 2.45) is 0 Å². The van der Waals surface area contributed by atoms with Crippen LogP contribution in [0.5, 0.6) is 5.75 Å². The summed E-state index contributed by atoms with van der Waals surface area (Å²) >= 11 is 0. The Balaban J connectivity index is 1.91. The van der Waals surface area contributed by atoms with E-state index in [2.05, 4.69) is 15.3 Å². The number of pyridine rings is 1. The number of rotatable bonds is 6. The number of carboxylic acids is 1. The lowest BCUT2D eigenvalue weighted by Crippen LogP contribution is -2.47. The average Bonchev–Trinajstić information content (AvgIpc) is 3.15. The SMILES string of the molecule is COc1cccc(-c2nc(C(=O)NC(C(=O)O)C(C)O)cc3c2[nH]c2ccccc23)c1. The fraction of sp³-hybridized carbons (Fsp3) is 0.174. The minimum atomic E-state index is -1.45. The van der Waals surface area contributed by atoms with Crippen LogP contribution in [0.1, 0.15) is 17.4 Å². The van der Waals surface area contributed by atoms with Gasteiger partial charge in [0, 0.05) is 21.9 Å². The molecule has 0 saturated carbocycles. The van der Waals surface area contributed by atoms with Gasteiger partial charge in [-0.1, -0.05) is 30.3 Å². The summed E-state index contributed by atoms with van der Waals surface area (Å²) in [5.41, 5.74) is 2.93. The maximum atomic E-state index is 12.9. The molecule has 0 bridgehead atoms. The van der Waals surface area contributed by atoms with Gasteiger partial charge in [-0.2, -0.15) is 0 Å². The van der Waals surface area contributed by atoms with Gasteiger partial charge in [-0.05, 0) is 31.2 Å². The Hall–Kier alpha value is -3.91. The molecule has 1 amide bonds. The fourth-order valence-electron chi connectivity index (χ4n) is 3.55. The van der Waals surface area contributed by atoms with Gasteiger partial charge < -0.3 is 25.3 Å². The molecular weight excluding hydrogens is 398 g/mol. The van der Waals surface area contributed by atoms with Crippen LogP contribution >= 0.6 is 0 Å². The zero-order valence-electron chi connectivity index (χ0n) is 16.9. The lowest BCUT2D eigenvalue weighted by molar-refractivity contribution is -0.141. The van der Waals surface area contributed by atoms with Crippen LogP contribution in [-0.4, -0.2) is 51.3 Å². The minimum Gasteiger partial charge on any atom is -0.497 e. The molecule has 0 fully saturated rings. The van der Waals surface area contributed by atoms with Gasteiger partial charge in [0.1, 0.15) is 11.4 Å². The van der Waals surface area contributed by atoms with Gasteiger partial charge in [-0.25, -0.2) is 9.78 Å². The Morgan fingerprint density at radius 3 is 2.58 bits per heavy atom. The molecular formula is C23H21N3O5. The number of ether oxygens (including phenoxy) is 1. The highest BCUT2D eigenvalue weighted by Gasteiger charge is 2.27. The van der Waals surface area contributed by atoms with Crippen LogP contribution in [0.15, 0.2) is 54.6 Å². The van der Waals surface area contributed by atoms with Gasteiger partial charge in [0.15, 0.2) is 6.04 Å². The number of amides is 1. The maximum Gasteiger partial charge on any atom is 0.328 e. The topological polar surface area (TPSA) is 125 Å². The number of carbonyl (C=O) groups is 2. The zero-order valence-corrected chi connectivity index (χ0v) is 16.9. The zero-order chi connectivity index (χ0) is 22.1. The molecule has 31 heavy (non-hydrogen) atoms. The van der Waals surface area contributed by atoms with Gasteiger partial charge in [-0.3, -0.25) is 4.79 Å². The molecule has 158 valence electrons. The smallest absolute Gasteiger partial charge is 0.328 e. The summed E-state index contributed by atoms with van der Waals surface area (Å²) in [6.07, 6.45) is -1.27. The normalized spacial score (nSPS) is 13.1. The van der Waals surface area contributed by atoms with E-state index < -0.39 is 24.0 Å². The third-order valence-corrected chi connectivity index (χ3v) is 5.11. The number of methoxy groups -OCH3 is 1. The van der Waals surface area contributed by atoms with E-state index in [1.54, 1.807) is 13.2 Å². The van der Waals surface area contributed by atoms with E-state index in [1.165, 1.54) is 6.92 Å². The van der Waals surface area contributed by atoms with E-state index in [1.807, 2.05) is 48.5 Å². The lowest BCUT2D eigenvalue weighted by Gasteiger charge is -2.17. The number of nitrogens with one attached hydrogen (secondary N) is 2. The number of aromatic nitrogens is 2. The summed E-state index contributed by atoms with van der Waals surface area (Å²) < 4.78 is 5.32. The number of fused-ring (bicyclic) bond motifs is 3. The number of H-pyrrole nitrogens is 1. The summed E-state index contributed by atoms with van der Waals surface area (Å²) in [4.78, 5) is 32.2. The van der Waals surface area contributed by atoms with Crippen molar-refractivity contribution >= 4 is 33.7 Å². The monoisotopic (exact) mass is 419 g/mol. The highest BCUT2D eigenvalue weighted by atomic mass is 16.5. The molecule has 4 rings (SSSR count). The van der Waals surface area contributed by atoms with Crippen LogP contribution < -0.4 is 10.1 Å². The number of hydrogen-bond donors (Lipinski definition) is 4. The van der Waals surface area contributed by atoms with Crippen LogP contribution in [0, 0.1) is 0 Å². The van der Waals surface area contributed by atoms with Crippen LogP contribution in [0.3, 0.4) is 0 Å². The van der Waals surface area contributed by atoms with Crippen molar-refractivity contribution in [3.8, 4) is 17.0 Å². The van der Waals surface area contributed by atoms with Crippen molar-refractivity contribution < 1.29 is 24.5 Å². The van der Waals surface area contributed by atoms with E-state index in [0.717, 1.165) is 27.4 Å². The number of nitrogens with zero attached hydrogens (tertiary/aromatic N) is 1. The molecule has 0 radical (unpaired) electrons. The second-order valence-corrected chi connectivity index (χ2v) is 7.21. The Kier molecular flexibility index (Phi) is 5.31. The van der Waals surface area contributed by atoms with Gasteiger partial charge in [-0.15, -0.1) is 0 Å². The number of aliphatic carboxylic acids is 1. The molecule has 4 aromatic rings. The number of benzene rings is 2. The molecule has 8 heteroatoms. The quantitative estimate of drug-likeness (QED) is 0.381. The van der Waals surface area contributed by atoms with Crippen molar-refractivity contribution in [2.75, 3.05) is 7.11 Å². The van der Waals surface area contributed by atoms with Crippen LogP contribution in [0.4, 0.5) is 0 Å². The summed E-state index contributed by atoms with van der Waals surface area (Å²) in [5.74, 6) is -1.38.